The molecule has 1 saturated heterocycles. The number of amides is 1. The molecule has 0 spiro atoms. The number of hydrogen-bond acceptors (Lipinski definition) is 3. The standard InChI is InChI=1S/C18H32N2O2/c1-15-13-20(14-16(2)22-15)11-7-6-10-19-18(21)12-17-8-4-3-5-9-17/h8,15-16H,3-7,9-14H2,1-2H3,(H,19,21)/t15-,16-/m1/s1. The Hall–Kier alpha value is -0.870. The number of morpholine rings is 1. The minimum Gasteiger partial charge on any atom is -0.373 e. The summed E-state index contributed by atoms with van der Waals surface area (Å²) in [4.78, 5) is 14.4. The maximum atomic E-state index is 11.9. The van der Waals surface area contributed by atoms with Crippen LogP contribution >= 0.6 is 0 Å². The molecule has 0 aromatic rings. The van der Waals surface area contributed by atoms with E-state index in [-0.39, 0.29) is 5.91 Å². The van der Waals surface area contributed by atoms with Crippen molar-refractivity contribution in [3.05, 3.63) is 11.6 Å². The summed E-state index contributed by atoms with van der Waals surface area (Å²) >= 11 is 0. The van der Waals surface area contributed by atoms with Gasteiger partial charge in [-0.3, -0.25) is 9.69 Å². The first kappa shape index (κ1) is 17.5. The van der Waals surface area contributed by atoms with Gasteiger partial charge in [0.2, 0.25) is 5.91 Å². The number of ether oxygens (including phenoxy) is 1. The lowest BCUT2D eigenvalue weighted by Gasteiger charge is -2.35. The Bertz CT molecular complexity index is 371. The highest BCUT2D eigenvalue weighted by molar-refractivity contribution is 5.78. The molecular formula is C18H32N2O2. The predicted molar refractivity (Wildman–Crippen MR) is 89.9 cm³/mol. The van der Waals surface area contributed by atoms with Gasteiger partial charge in [0.1, 0.15) is 0 Å². The summed E-state index contributed by atoms with van der Waals surface area (Å²) in [5.41, 5.74) is 1.33. The molecule has 126 valence electrons. The van der Waals surface area contributed by atoms with Crippen LogP contribution in [0, 0.1) is 0 Å². The maximum absolute atomic E-state index is 11.9. The Morgan fingerprint density at radius 3 is 2.73 bits per heavy atom. The number of hydrogen-bond donors (Lipinski definition) is 1. The van der Waals surface area contributed by atoms with Gasteiger partial charge >= 0.3 is 0 Å². The van der Waals surface area contributed by atoms with Gasteiger partial charge in [-0.2, -0.15) is 0 Å². The Morgan fingerprint density at radius 2 is 2.05 bits per heavy atom. The van der Waals surface area contributed by atoms with Crippen molar-refractivity contribution in [2.24, 2.45) is 0 Å². The average molecular weight is 308 g/mol. The van der Waals surface area contributed by atoms with E-state index in [1.807, 2.05) is 0 Å². The van der Waals surface area contributed by atoms with Gasteiger partial charge in [-0.25, -0.2) is 0 Å². The summed E-state index contributed by atoms with van der Waals surface area (Å²) in [6.45, 7) is 8.27. The van der Waals surface area contributed by atoms with Crippen molar-refractivity contribution in [3.8, 4) is 0 Å². The van der Waals surface area contributed by atoms with Crippen LogP contribution in [-0.2, 0) is 9.53 Å². The van der Waals surface area contributed by atoms with Crippen LogP contribution in [0.25, 0.3) is 0 Å². The van der Waals surface area contributed by atoms with E-state index in [2.05, 4.69) is 30.1 Å². The second-order valence-electron chi connectivity index (χ2n) is 6.86. The summed E-state index contributed by atoms with van der Waals surface area (Å²) < 4.78 is 5.74. The highest BCUT2D eigenvalue weighted by Gasteiger charge is 2.21. The molecule has 0 aromatic heterocycles. The zero-order chi connectivity index (χ0) is 15.8. The van der Waals surface area contributed by atoms with Crippen molar-refractivity contribution in [3.63, 3.8) is 0 Å². The first-order valence-corrected chi connectivity index (χ1v) is 8.96. The summed E-state index contributed by atoms with van der Waals surface area (Å²) in [6, 6.07) is 0. The number of allylic oxidation sites excluding steroid dienone is 1. The smallest absolute Gasteiger partial charge is 0.224 e. The highest BCUT2D eigenvalue weighted by Crippen LogP contribution is 2.19. The normalized spacial score (nSPS) is 26.5. The first-order chi connectivity index (χ1) is 10.6. The molecule has 22 heavy (non-hydrogen) atoms. The van der Waals surface area contributed by atoms with Crippen LogP contribution in [0.15, 0.2) is 11.6 Å². The van der Waals surface area contributed by atoms with Crippen molar-refractivity contribution in [2.75, 3.05) is 26.2 Å². The molecule has 0 saturated carbocycles. The molecule has 2 rings (SSSR count). The van der Waals surface area contributed by atoms with Gasteiger partial charge in [-0.15, -0.1) is 0 Å². The van der Waals surface area contributed by atoms with Gasteiger partial charge in [0.15, 0.2) is 0 Å². The van der Waals surface area contributed by atoms with Crippen molar-refractivity contribution in [1.29, 1.82) is 0 Å². The molecule has 1 aliphatic carbocycles. The van der Waals surface area contributed by atoms with Crippen molar-refractivity contribution in [1.82, 2.24) is 10.2 Å². The monoisotopic (exact) mass is 308 g/mol. The molecule has 1 amide bonds. The summed E-state index contributed by atoms with van der Waals surface area (Å²) in [5.74, 6) is 0.196. The first-order valence-electron chi connectivity index (χ1n) is 8.96. The molecule has 2 atom stereocenters. The zero-order valence-electron chi connectivity index (χ0n) is 14.3. The van der Waals surface area contributed by atoms with Gasteiger partial charge in [-0.1, -0.05) is 11.6 Å². The van der Waals surface area contributed by atoms with Crippen LogP contribution in [-0.4, -0.2) is 49.2 Å². The van der Waals surface area contributed by atoms with E-state index in [1.165, 1.54) is 18.4 Å². The van der Waals surface area contributed by atoms with E-state index < -0.39 is 0 Å². The van der Waals surface area contributed by atoms with Gasteiger partial charge in [0.05, 0.1) is 12.2 Å². The second-order valence-corrected chi connectivity index (χ2v) is 6.86. The van der Waals surface area contributed by atoms with Gasteiger partial charge in [-0.05, 0) is 58.9 Å². The van der Waals surface area contributed by atoms with Gasteiger partial charge in [0.25, 0.3) is 0 Å². The third-order valence-corrected chi connectivity index (χ3v) is 4.49. The lowest BCUT2D eigenvalue weighted by molar-refractivity contribution is -0.120. The van der Waals surface area contributed by atoms with Gasteiger partial charge < -0.3 is 10.1 Å². The lowest BCUT2D eigenvalue weighted by Crippen LogP contribution is -2.45. The van der Waals surface area contributed by atoms with Crippen LogP contribution in [0.4, 0.5) is 0 Å². The number of nitrogens with zero attached hydrogens (tertiary/aromatic N) is 1. The van der Waals surface area contributed by atoms with Crippen LogP contribution in [0.5, 0.6) is 0 Å². The molecule has 1 fully saturated rings. The SMILES string of the molecule is C[C@@H]1CN(CCCCNC(=O)CC2=CCCCC2)C[C@@H](C)O1. The largest absolute Gasteiger partial charge is 0.373 e. The number of unbranched alkanes of at least 4 members (excludes halogenated alkanes) is 1. The topological polar surface area (TPSA) is 41.6 Å². The number of nitrogens with one attached hydrogen (secondary N) is 1. The average Bonchev–Trinajstić information content (AvgIpc) is 2.47. The fraction of sp³-hybridized carbons (Fsp3) is 0.833. The minimum absolute atomic E-state index is 0.196. The molecule has 4 nitrogen and oxygen atoms in total. The van der Waals surface area contributed by atoms with E-state index in [4.69, 9.17) is 4.74 Å². The fourth-order valence-corrected chi connectivity index (χ4v) is 3.49. The van der Waals surface area contributed by atoms with Crippen LogP contribution < -0.4 is 5.32 Å². The Kier molecular flexibility index (Phi) is 7.40. The molecule has 1 heterocycles. The van der Waals surface area contributed by atoms with Crippen LogP contribution in [0.2, 0.25) is 0 Å². The third-order valence-electron chi connectivity index (χ3n) is 4.49. The van der Waals surface area contributed by atoms with Crippen molar-refractivity contribution in [2.45, 2.75) is 71.0 Å². The summed E-state index contributed by atoms with van der Waals surface area (Å²) in [6.07, 6.45) is 10.5. The molecule has 0 radical (unpaired) electrons. The number of rotatable bonds is 7. The van der Waals surface area contributed by atoms with E-state index in [9.17, 15) is 4.79 Å². The highest BCUT2D eigenvalue weighted by atomic mass is 16.5. The number of carbonyl (C=O) groups excluding carboxylic acids is 1. The molecule has 0 bridgehead atoms. The van der Waals surface area contributed by atoms with Gasteiger partial charge in [0, 0.05) is 26.1 Å². The molecular weight excluding hydrogens is 276 g/mol. The van der Waals surface area contributed by atoms with E-state index in [1.54, 1.807) is 0 Å². The summed E-state index contributed by atoms with van der Waals surface area (Å²) in [5, 5.41) is 3.06. The van der Waals surface area contributed by atoms with Crippen LogP contribution in [0.3, 0.4) is 0 Å². The minimum atomic E-state index is 0.196. The Labute approximate surface area is 135 Å². The van der Waals surface area contributed by atoms with Crippen molar-refractivity contribution >= 4 is 5.91 Å². The van der Waals surface area contributed by atoms with Crippen molar-refractivity contribution < 1.29 is 9.53 Å². The van der Waals surface area contributed by atoms with Crippen LogP contribution in [0.1, 0.15) is 58.8 Å². The predicted octanol–water partition coefficient (Wildman–Crippen LogP) is 2.88. The molecule has 2 aliphatic rings. The molecule has 1 N–H and O–H groups in total. The van der Waals surface area contributed by atoms with E-state index >= 15 is 0 Å². The Morgan fingerprint density at radius 1 is 1.27 bits per heavy atom. The molecule has 1 aliphatic heterocycles. The summed E-state index contributed by atoms with van der Waals surface area (Å²) in [7, 11) is 0. The van der Waals surface area contributed by atoms with E-state index in [0.29, 0.717) is 18.6 Å². The second kappa shape index (κ2) is 9.31. The van der Waals surface area contributed by atoms with E-state index in [0.717, 1.165) is 51.9 Å². The third kappa shape index (κ3) is 6.49. The number of carbonyl (C=O) groups is 1. The molecule has 4 heteroatoms. The molecule has 0 unspecified atom stereocenters. The quantitative estimate of drug-likeness (QED) is 0.581. The zero-order valence-corrected chi connectivity index (χ0v) is 14.3. The Balaban J connectivity index is 1.51. The molecule has 0 aromatic carbocycles. The fourth-order valence-electron chi connectivity index (χ4n) is 3.49. The maximum Gasteiger partial charge on any atom is 0.224 e. The lowest BCUT2D eigenvalue weighted by atomic mass is 9.97.